The fourth-order valence-electron chi connectivity index (χ4n) is 2.42. The second-order valence-electron chi connectivity index (χ2n) is 5.35. The maximum Gasteiger partial charge on any atom is 0.270 e. The Bertz CT molecular complexity index is 857. The molecule has 0 radical (unpaired) electrons. The Morgan fingerprint density at radius 3 is 2.84 bits per heavy atom. The van der Waals surface area contributed by atoms with Crippen LogP contribution >= 0.6 is 11.8 Å². The van der Waals surface area contributed by atoms with Gasteiger partial charge in [0.2, 0.25) is 0 Å². The highest BCUT2D eigenvalue weighted by atomic mass is 32.2. The van der Waals surface area contributed by atoms with Gasteiger partial charge in [0, 0.05) is 30.0 Å². The molecule has 0 N–H and O–H groups in total. The molecule has 0 aliphatic carbocycles. The van der Waals surface area contributed by atoms with Crippen molar-refractivity contribution in [3.8, 4) is 0 Å². The molecule has 0 bridgehead atoms. The Hall–Kier alpha value is -2.74. The fourth-order valence-corrected chi connectivity index (χ4v) is 3.41. The van der Waals surface area contributed by atoms with Gasteiger partial charge < -0.3 is 0 Å². The first-order valence-electron chi connectivity index (χ1n) is 7.52. The molecule has 6 nitrogen and oxygen atoms in total. The topological polar surface area (TPSA) is 75.8 Å². The smallest absolute Gasteiger partial charge is 0.270 e. The lowest BCUT2D eigenvalue weighted by Crippen LogP contribution is -2.32. The van der Waals surface area contributed by atoms with Crippen LogP contribution in [0.5, 0.6) is 0 Å². The molecule has 1 aliphatic rings. The largest absolute Gasteiger partial charge is 0.286 e. The molecule has 1 amide bonds. The van der Waals surface area contributed by atoms with E-state index in [1.807, 2.05) is 0 Å². The summed E-state index contributed by atoms with van der Waals surface area (Å²) in [5.41, 5.74) is 0.911. The van der Waals surface area contributed by atoms with E-state index in [2.05, 4.69) is 4.99 Å². The minimum Gasteiger partial charge on any atom is -0.286 e. The van der Waals surface area contributed by atoms with Gasteiger partial charge in [0.05, 0.1) is 11.5 Å². The first-order valence-corrected chi connectivity index (χ1v) is 8.51. The number of non-ortho nitro benzene ring substituents is 1. The zero-order valence-electron chi connectivity index (χ0n) is 13.1. The molecule has 2 aromatic rings. The molecular weight excluding hydrogens is 345 g/mol. The van der Waals surface area contributed by atoms with Crippen molar-refractivity contribution in [3.05, 3.63) is 75.6 Å². The van der Waals surface area contributed by atoms with Crippen molar-refractivity contribution in [2.24, 2.45) is 4.99 Å². The SMILES string of the molecule is O=C(c1cccc([N+](=O)[O-])c1)N1CCN=C1SCc1cccc(F)c1. The van der Waals surface area contributed by atoms with Gasteiger partial charge in [-0.25, -0.2) is 4.39 Å². The van der Waals surface area contributed by atoms with Crippen molar-refractivity contribution in [2.45, 2.75) is 5.75 Å². The summed E-state index contributed by atoms with van der Waals surface area (Å²) in [6, 6.07) is 11.9. The lowest BCUT2D eigenvalue weighted by Gasteiger charge is -2.17. The van der Waals surface area contributed by atoms with Crippen LogP contribution in [0.4, 0.5) is 10.1 Å². The van der Waals surface area contributed by atoms with Crippen molar-refractivity contribution in [2.75, 3.05) is 13.1 Å². The zero-order valence-corrected chi connectivity index (χ0v) is 13.9. The normalized spacial score (nSPS) is 13.6. The Morgan fingerprint density at radius 2 is 2.08 bits per heavy atom. The quantitative estimate of drug-likeness (QED) is 0.619. The molecule has 0 unspecified atom stereocenters. The lowest BCUT2D eigenvalue weighted by atomic mass is 10.2. The van der Waals surface area contributed by atoms with Gasteiger partial charge in [0.25, 0.3) is 11.6 Å². The van der Waals surface area contributed by atoms with E-state index in [0.717, 1.165) is 5.56 Å². The Balaban J connectivity index is 1.71. The third kappa shape index (κ3) is 4.03. The number of hydrogen-bond donors (Lipinski definition) is 0. The van der Waals surface area contributed by atoms with Gasteiger partial charge in [-0.3, -0.25) is 24.8 Å². The summed E-state index contributed by atoms with van der Waals surface area (Å²) in [6.45, 7) is 0.902. The number of aliphatic imine (C=N–C) groups is 1. The van der Waals surface area contributed by atoms with Crippen molar-refractivity contribution in [3.63, 3.8) is 0 Å². The van der Waals surface area contributed by atoms with E-state index in [4.69, 9.17) is 0 Å². The number of hydrogen-bond acceptors (Lipinski definition) is 5. The molecular formula is C17H14FN3O3S. The van der Waals surface area contributed by atoms with Gasteiger partial charge in [-0.1, -0.05) is 30.0 Å². The molecule has 2 aromatic carbocycles. The number of rotatable bonds is 4. The van der Waals surface area contributed by atoms with E-state index in [1.54, 1.807) is 18.2 Å². The van der Waals surface area contributed by atoms with Crippen LogP contribution in [0.2, 0.25) is 0 Å². The van der Waals surface area contributed by atoms with Gasteiger partial charge in [-0.2, -0.15) is 0 Å². The van der Waals surface area contributed by atoms with E-state index in [1.165, 1.54) is 47.0 Å². The minimum absolute atomic E-state index is 0.129. The molecule has 0 aromatic heterocycles. The highest BCUT2D eigenvalue weighted by Gasteiger charge is 2.26. The van der Waals surface area contributed by atoms with E-state index >= 15 is 0 Å². The second-order valence-corrected chi connectivity index (χ2v) is 6.29. The second kappa shape index (κ2) is 7.43. The third-order valence-electron chi connectivity index (χ3n) is 3.61. The zero-order chi connectivity index (χ0) is 17.8. The van der Waals surface area contributed by atoms with Crippen LogP contribution in [-0.2, 0) is 5.75 Å². The maximum absolute atomic E-state index is 13.2. The number of carbonyl (C=O) groups excluding carboxylic acids is 1. The van der Waals surface area contributed by atoms with Crippen molar-refractivity contribution < 1.29 is 14.1 Å². The first-order chi connectivity index (χ1) is 12.0. The lowest BCUT2D eigenvalue weighted by molar-refractivity contribution is -0.384. The predicted octanol–water partition coefficient (Wildman–Crippen LogP) is 3.48. The first kappa shape index (κ1) is 17.1. The fraction of sp³-hybridized carbons (Fsp3) is 0.176. The number of amidine groups is 1. The summed E-state index contributed by atoms with van der Waals surface area (Å²) in [5, 5.41) is 11.4. The van der Waals surface area contributed by atoms with Crippen LogP contribution in [0.3, 0.4) is 0 Å². The number of halogens is 1. The molecule has 1 aliphatic heterocycles. The average Bonchev–Trinajstić information content (AvgIpc) is 3.08. The number of nitro groups is 1. The van der Waals surface area contributed by atoms with Crippen LogP contribution in [0, 0.1) is 15.9 Å². The summed E-state index contributed by atoms with van der Waals surface area (Å²) in [5.74, 6) is -0.155. The van der Waals surface area contributed by atoms with Crippen LogP contribution in [0.15, 0.2) is 53.5 Å². The standard InChI is InChI=1S/C17H14FN3O3S/c18-14-5-1-3-12(9-14)11-25-17-19-7-8-20(17)16(22)13-4-2-6-15(10-13)21(23)24/h1-6,9-10H,7-8,11H2. The van der Waals surface area contributed by atoms with E-state index in [9.17, 15) is 19.3 Å². The van der Waals surface area contributed by atoms with E-state index < -0.39 is 4.92 Å². The molecule has 0 saturated heterocycles. The Labute approximate surface area is 147 Å². The summed E-state index contributed by atoms with van der Waals surface area (Å²) in [4.78, 5) is 28.8. The monoisotopic (exact) mass is 359 g/mol. The Morgan fingerprint density at radius 1 is 1.28 bits per heavy atom. The van der Waals surface area contributed by atoms with Gasteiger partial charge in [0.1, 0.15) is 5.82 Å². The number of nitrogens with zero attached hydrogens (tertiary/aromatic N) is 3. The predicted molar refractivity (Wildman–Crippen MR) is 94.1 cm³/mol. The van der Waals surface area contributed by atoms with Crippen molar-refractivity contribution >= 4 is 28.5 Å². The highest BCUT2D eigenvalue weighted by Crippen LogP contribution is 2.23. The van der Waals surface area contributed by atoms with Gasteiger partial charge in [0.15, 0.2) is 5.17 Å². The molecule has 8 heteroatoms. The molecule has 128 valence electrons. The molecule has 1 heterocycles. The number of nitro benzene ring substituents is 1. The maximum atomic E-state index is 13.2. The summed E-state index contributed by atoms with van der Waals surface area (Å²) < 4.78 is 13.2. The Kier molecular flexibility index (Phi) is 5.08. The minimum atomic E-state index is -0.533. The molecule has 0 spiro atoms. The van der Waals surface area contributed by atoms with Crippen molar-refractivity contribution in [1.82, 2.24) is 4.90 Å². The molecule has 3 rings (SSSR count). The summed E-state index contributed by atoms with van der Waals surface area (Å²) >= 11 is 1.34. The number of carbonyl (C=O) groups is 1. The van der Waals surface area contributed by atoms with Crippen LogP contribution in [0.25, 0.3) is 0 Å². The van der Waals surface area contributed by atoms with Crippen LogP contribution < -0.4 is 0 Å². The van der Waals surface area contributed by atoms with Crippen LogP contribution in [-0.4, -0.2) is 34.0 Å². The van der Waals surface area contributed by atoms with Gasteiger partial charge in [-0.05, 0) is 23.8 Å². The highest BCUT2D eigenvalue weighted by molar-refractivity contribution is 8.13. The molecule has 0 saturated carbocycles. The summed E-state index contributed by atoms with van der Waals surface area (Å²) in [6.07, 6.45) is 0. The van der Waals surface area contributed by atoms with E-state index in [0.29, 0.717) is 24.0 Å². The molecule has 0 atom stereocenters. The average molecular weight is 359 g/mol. The molecule has 25 heavy (non-hydrogen) atoms. The van der Waals surface area contributed by atoms with E-state index in [-0.39, 0.29) is 23.0 Å². The third-order valence-corrected chi connectivity index (χ3v) is 4.69. The number of thioether (sulfide) groups is 1. The number of amides is 1. The van der Waals surface area contributed by atoms with Gasteiger partial charge in [-0.15, -0.1) is 0 Å². The van der Waals surface area contributed by atoms with Crippen molar-refractivity contribution in [1.29, 1.82) is 0 Å². The number of benzene rings is 2. The van der Waals surface area contributed by atoms with Gasteiger partial charge >= 0.3 is 0 Å². The molecule has 0 fully saturated rings. The summed E-state index contributed by atoms with van der Waals surface area (Å²) in [7, 11) is 0. The van der Waals surface area contributed by atoms with Crippen LogP contribution in [0.1, 0.15) is 15.9 Å².